The highest BCUT2D eigenvalue weighted by molar-refractivity contribution is 5.94. The number of hydrogen-bond acceptors (Lipinski definition) is 3. The molecule has 1 aromatic heterocycles. The summed E-state index contributed by atoms with van der Waals surface area (Å²) in [7, 11) is 1.73. The number of aromatic nitrogens is 1. The lowest BCUT2D eigenvalue weighted by Crippen LogP contribution is -2.47. The van der Waals surface area contributed by atoms with Gasteiger partial charge in [-0.15, -0.1) is 0 Å². The first-order valence-corrected chi connectivity index (χ1v) is 8.75. The molecule has 1 fully saturated rings. The first kappa shape index (κ1) is 18.2. The Morgan fingerprint density at radius 3 is 2.67 bits per heavy atom. The standard InChI is InChI=1S/C18H29N5O/c1-13(2)14-6-8-15(9-7-14)23-18(19-3)21-12-17(24)22-16-5-4-10-20-11-16/h4-5,10-11,13-15H,6-9,12H2,1-3H3,(H,22,24)(H2,19,21,23). The van der Waals surface area contributed by atoms with Crippen LogP contribution in [0, 0.1) is 11.8 Å². The van der Waals surface area contributed by atoms with Gasteiger partial charge in [0.05, 0.1) is 18.4 Å². The molecule has 0 aromatic carbocycles. The molecule has 0 aliphatic heterocycles. The maximum absolute atomic E-state index is 12.0. The number of amides is 1. The molecule has 0 atom stereocenters. The van der Waals surface area contributed by atoms with Crippen LogP contribution in [0.1, 0.15) is 39.5 Å². The van der Waals surface area contributed by atoms with E-state index in [1.54, 1.807) is 25.5 Å². The number of nitrogens with one attached hydrogen (secondary N) is 3. The van der Waals surface area contributed by atoms with Crippen molar-refractivity contribution in [3.8, 4) is 0 Å². The van der Waals surface area contributed by atoms with Gasteiger partial charge in [0.15, 0.2) is 5.96 Å². The van der Waals surface area contributed by atoms with Gasteiger partial charge in [0.25, 0.3) is 0 Å². The molecular weight excluding hydrogens is 302 g/mol. The molecule has 3 N–H and O–H groups in total. The minimum atomic E-state index is -0.116. The van der Waals surface area contributed by atoms with Crippen LogP contribution in [0.4, 0.5) is 5.69 Å². The number of anilines is 1. The van der Waals surface area contributed by atoms with Crippen molar-refractivity contribution >= 4 is 17.6 Å². The van der Waals surface area contributed by atoms with Gasteiger partial charge in [-0.05, 0) is 49.7 Å². The Hall–Kier alpha value is -2.11. The van der Waals surface area contributed by atoms with E-state index in [1.165, 1.54) is 12.8 Å². The normalized spacial score (nSPS) is 21.4. The van der Waals surface area contributed by atoms with Crippen molar-refractivity contribution in [1.82, 2.24) is 15.6 Å². The number of carbonyl (C=O) groups is 1. The molecule has 24 heavy (non-hydrogen) atoms. The second-order valence-electron chi connectivity index (χ2n) is 6.72. The number of hydrogen-bond donors (Lipinski definition) is 3. The third-order valence-corrected chi connectivity index (χ3v) is 4.64. The van der Waals surface area contributed by atoms with Gasteiger partial charge in [-0.1, -0.05) is 13.8 Å². The van der Waals surface area contributed by atoms with Gasteiger partial charge in [-0.25, -0.2) is 0 Å². The SMILES string of the molecule is CN=C(NCC(=O)Nc1cccnc1)NC1CCC(C(C)C)CC1. The van der Waals surface area contributed by atoms with Crippen LogP contribution in [0.15, 0.2) is 29.5 Å². The van der Waals surface area contributed by atoms with Crippen molar-refractivity contribution < 1.29 is 4.79 Å². The molecule has 0 saturated heterocycles. The summed E-state index contributed by atoms with van der Waals surface area (Å²) in [6.07, 6.45) is 8.13. The van der Waals surface area contributed by atoms with Gasteiger partial charge in [-0.2, -0.15) is 0 Å². The highest BCUT2D eigenvalue weighted by Gasteiger charge is 2.23. The third kappa shape index (κ3) is 5.83. The molecule has 0 bridgehead atoms. The van der Waals surface area contributed by atoms with Crippen molar-refractivity contribution in [2.45, 2.75) is 45.6 Å². The summed E-state index contributed by atoms with van der Waals surface area (Å²) in [5, 5.41) is 9.30. The molecule has 6 heteroatoms. The summed E-state index contributed by atoms with van der Waals surface area (Å²) < 4.78 is 0. The Morgan fingerprint density at radius 1 is 1.33 bits per heavy atom. The highest BCUT2D eigenvalue weighted by Crippen LogP contribution is 2.29. The Labute approximate surface area is 144 Å². The second kappa shape index (κ2) is 9.25. The molecule has 0 radical (unpaired) electrons. The number of nitrogens with zero attached hydrogens (tertiary/aromatic N) is 2. The van der Waals surface area contributed by atoms with Crippen LogP contribution < -0.4 is 16.0 Å². The van der Waals surface area contributed by atoms with Gasteiger partial charge < -0.3 is 16.0 Å². The molecule has 1 aromatic rings. The van der Waals surface area contributed by atoms with Crippen molar-refractivity contribution in [2.24, 2.45) is 16.8 Å². The van der Waals surface area contributed by atoms with Gasteiger partial charge in [0.1, 0.15) is 0 Å². The molecule has 1 aliphatic carbocycles. The number of aliphatic imine (C=N–C) groups is 1. The van der Waals surface area contributed by atoms with Crippen LogP contribution >= 0.6 is 0 Å². The Morgan fingerprint density at radius 2 is 2.08 bits per heavy atom. The minimum absolute atomic E-state index is 0.116. The van der Waals surface area contributed by atoms with Gasteiger partial charge in [-0.3, -0.25) is 14.8 Å². The molecule has 1 saturated carbocycles. The zero-order chi connectivity index (χ0) is 17.4. The van der Waals surface area contributed by atoms with Crippen molar-refractivity contribution in [3.63, 3.8) is 0 Å². The Bertz CT molecular complexity index is 536. The van der Waals surface area contributed by atoms with Gasteiger partial charge >= 0.3 is 0 Å². The van der Waals surface area contributed by atoms with Crippen molar-refractivity contribution in [2.75, 3.05) is 18.9 Å². The maximum Gasteiger partial charge on any atom is 0.243 e. The van der Waals surface area contributed by atoms with Crippen LogP contribution in [0.5, 0.6) is 0 Å². The quantitative estimate of drug-likeness (QED) is 0.572. The van der Waals surface area contributed by atoms with Gasteiger partial charge in [0.2, 0.25) is 5.91 Å². The predicted molar refractivity (Wildman–Crippen MR) is 97.9 cm³/mol. The molecule has 1 heterocycles. The summed E-state index contributed by atoms with van der Waals surface area (Å²) in [6, 6.07) is 4.04. The fourth-order valence-corrected chi connectivity index (χ4v) is 3.12. The van der Waals surface area contributed by atoms with E-state index >= 15 is 0 Å². The summed E-state index contributed by atoms with van der Waals surface area (Å²) in [4.78, 5) is 20.1. The average molecular weight is 331 g/mol. The zero-order valence-electron chi connectivity index (χ0n) is 14.9. The second-order valence-corrected chi connectivity index (χ2v) is 6.72. The van der Waals surface area contributed by atoms with E-state index in [4.69, 9.17) is 0 Å². The fraction of sp³-hybridized carbons (Fsp3) is 0.611. The highest BCUT2D eigenvalue weighted by atomic mass is 16.1. The summed E-state index contributed by atoms with van der Waals surface area (Å²) in [5.41, 5.74) is 0.694. The first-order valence-electron chi connectivity index (χ1n) is 8.75. The van der Waals surface area contributed by atoms with E-state index < -0.39 is 0 Å². The number of pyridine rings is 1. The van der Waals surface area contributed by atoms with E-state index in [-0.39, 0.29) is 12.5 Å². The van der Waals surface area contributed by atoms with Crippen LogP contribution in [-0.2, 0) is 4.79 Å². The van der Waals surface area contributed by atoms with Crippen LogP contribution in [0.25, 0.3) is 0 Å². The summed E-state index contributed by atoms with van der Waals surface area (Å²) in [6.45, 7) is 4.79. The lowest BCUT2D eigenvalue weighted by molar-refractivity contribution is -0.115. The van der Waals surface area contributed by atoms with Crippen LogP contribution in [-0.4, -0.2) is 36.5 Å². The molecule has 1 amide bonds. The lowest BCUT2D eigenvalue weighted by Gasteiger charge is -2.32. The molecule has 2 rings (SSSR count). The lowest BCUT2D eigenvalue weighted by atomic mass is 9.80. The Kier molecular flexibility index (Phi) is 7.03. The number of rotatable bonds is 5. The summed E-state index contributed by atoms with van der Waals surface area (Å²) >= 11 is 0. The van der Waals surface area contributed by atoms with E-state index in [2.05, 4.69) is 39.8 Å². The third-order valence-electron chi connectivity index (χ3n) is 4.64. The maximum atomic E-state index is 12.0. The smallest absolute Gasteiger partial charge is 0.243 e. The Balaban J connectivity index is 1.72. The van der Waals surface area contributed by atoms with Crippen LogP contribution in [0.3, 0.4) is 0 Å². The van der Waals surface area contributed by atoms with E-state index in [1.807, 2.05) is 6.07 Å². The van der Waals surface area contributed by atoms with Crippen LogP contribution in [0.2, 0.25) is 0 Å². The molecule has 1 aliphatic rings. The zero-order valence-corrected chi connectivity index (χ0v) is 14.9. The molecular formula is C18H29N5O. The van der Waals surface area contributed by atoms with E-state index in [0.717, 1.165) is 24.7 Å². The van der Waals surface area contributed by atoms with Crippen molar-refractivity contribution in [1.29, 1.82) is 0 Å². The molecule has 132 valence electrons. The number of carbonyl (C=O) groups excluding carboxylic acids is 1. The molecule has 0 unspecified atom stereocenters. The largest absolute Gasteiger partial charge is 0.354 e. The monoisotopic (exact) mass is 331 g/mol. The van der Waals surface area contributed by atoms with E-state index in [0.29, 0.717) is 17.7 Å². The van der Waals surface area contributed by atoms with Gasteiger partial charge in [0, 0.05) is 19.3 Å². The molecule has 0 spiro atoms. The number of guanidine groups is 1. The fourth-order valence-electron chi connectivity index (χ4n) is 3.12. The first-order chi connectivity index (χ1) is 11.6. The average Bonchev–Trinajstić information content (AvgIpc) is 2.60. The minimum Gasteiger partial charge on any atom is -0.354 e. The molecule has 6 nitrogen and oxygen atoms in total. The summed E-state index contributed by atoms with van der Waals surface area (Å²) in [5.74, 6) is 2.17. The predicted octanol–water partition coefficient (Wildman–Crippen LogP) is 2.40. The topological polar surface area (TPSA) is 78.4 Å². The van der Waals surface area contributed by atoms with Crippen molar-refractivity contribution in [3.05, 3.63) is 24.5 Å². The van der Waals surface area contributed by atoms with E-state index in [9.17, 15) is 4.79 Å².